The highest BCUT2D eigenvalue weighted by Gasteiger charge is 2.19. The van der Waals surface area contributed by atoms with Crippen molar-refractivity contribution in [2.24, 2.45) is 0 Å². The second-order valence-corrected chi connectivity index (χ2v) is 8.58. The van der Waals surface area contributed by atoms with Crippen LogP contribution in [0.15, 0.2) is 103 Å². The molecule has 0 amide bonds. The largest absolute Gasteiger partial charge is 0.310 e. The zero-order valence-electron chi connectivity index (χ0n) is 18.7. The second kappa shape index (κ2) is 9.28. The molecular formula is C31H29N. The molecule has 0 aromatic heterocycles. The van der Waals surface area contributed by atoms with E-state index in [9.17, 15) is 0 Å². The molecule has 1 heteroatoms. The molecule has 0 aliphatic heterocycles. The van der Waals surface area contributed by atoms with Gasteiger partial charge in [0.05, 0.1) is 0 Å². The zero-order chi connectivity index (χ0) is 21.8. The van der Waals surface area contributed by atoms with Gasteiger partial charge in [0.1, 0.15) is 0 Å². The van der Waals surface area contributed by atoms with Crippen LogP contribution < -0.4 is 4.90 Å². The summed E-state index contributed by atoms with van der Waals surface area (Å²) in [6.07, 6.45) is 7.18. The number of aryl methyl sites for hydroxylation is 1. The number of hydrogen-bond donors (Lipinski definition) is 0. The van der Waals surface area contributed by atoms with Crippen molar-refractivity contribution >= 4 is 28.7 Å². The normalized spacial score (nSPS) is 13.5. The fourth-order valence-corrected chi connectivity index (χ4v) is 4.73. The summed E-state index contributed by atoms with van der Waals surface area (Å²) in [6.45, 7) is 2.18. The van der Waals surface area contributed by atoms with Crippen LogP contribution in [0.1, 0.15) is 42.0 Å². The number of anilines is 3. The Hall–Kier alpha value is -3.58. The van der Waals surface area contributed by atoms with E-state index in [1.165, 1.54) is 64.2 Å². The fraction of sp³-hybridized carbons (Fsp3) is 0.161. The minimum atomic E-state index is 1.16. The van der Waals surface area contributed by atoms with E-state index >= 15 is 0 Å². The highest BCUT2D eigenvalue weighted by Crippen LogP contribution is 2.39. The van der Waals surface area contributed by atoms with Gasteiger partial charge in [-0.25, -0.2) is 0 Å². The van der Waals surface area contributed by atoms with Crippen molar-refractivity contribution in [3.05, 3.63) is 125 Å². The van der Waals surface area contributed by atoms with Crippen LogP contribution in [-0.4, -0.2) is 0 Å². The molecule has 0 N–H and O–H groups in total. The van der Waals surface area contributed by atoms with E-state index in [1.807, 2.05) is 0 Å². The van der Waals surface area contributed by atoms with Crippen molar-refractivity contribution in [2.45, 2.75) is 32.6 Å². The van der Waals surface area contributed by atoms with E-state index in [0.29, 0.717) is 0 Å². The minimum absolute atomic E-state index is 1.16. The SMILES string of the molecule is CC(=Cc1ccc(N(c2ccccc2)c2cccc3c2CCCC3)cc1)c1ccccc1. The van der Waals surface area contributed by atoms with Crippen molar-refractivity contribution in [1.29, 1.82) is 0 Å². The number of hydrogen-bond acceptors (Lipinski definition) is 1. The van der Waals surface area contributed by atoms with Gasteiger partial charge >= 0.3 is 0 Å². The molecule has 158 valence electrons. The molecule has 1 aliphatic rings. The van der Waals surface area contributed by atoms with Gasteiger partial charge in [0.15, 0.2) is 0 Å². The fourth-order valence-electron chi connectivity index (χ4n) is 4.73. The van der Waals surface area contributed by atoms with Crippen molar-refractivity contribution < 1.29 is 0 Å². The standard InChI is InChI=1S/C31H29N/c1-24(26-11-4-2-5-12-26)23-25-19-21-29(22-20-25)32(28-15-6-3-7-16-28)31-18-10-14-27-13-8-9-17-30(27)31/h2-7,10-12,14-16,18-23H,8-9,13,17H2,1H3. The summed E-state index contributed by atoms with van der Waals surface area (Å²) >= 11 is 0. The first-order valence-electron chi connectivity index (χ1n) is 11.6. The van der Waals surface area contributed by atoms with Crippen molar-refractivity contribution in [3.63, 3.8) is 0 Å². The average Bonchev–Trinajstić information content (AvgIpc) is 2.86. The number of fused-ring (bicyclic) bond motifs is 1. The summed E-state index contributed by atoms with van der Waals surface area (Å²) < 4.78 is 0. The molecule has 0 bridgehead atoms. The van der Waals surface area contributed by atoms with Gasteiger partial charge in [-0.05, 0) is 90.8 Å². The van der Waals surface area contributed by atoms with Gasteiger partial charge in [-0.2, -0.15) is 0 Å². The average molecular weight is 416 g/mol. The van der Waals surface area contributed by atoms with Gasteiger partial charge < -0.3 is 4.90 Å². The maximum absolute atomic E-state index is 2.42. The van der Waals surface area contributed by atoms with Gasteiger partial charge in [-0.1, -0.05) is 78.9 Å². The van der Waals surface area contributed by atoms with Gasteiger partial charge in [0.2, 0.25) is 0 Å². The Morgan fingerprint density at radius 2 is 1.31 bits per heavy atom. The minimum Gasteiger partial charge on any atom is -0.310 e. The Morgan fingerprint density at radius 1 is 0.656 bits per heavy atom. The van der Waals surface area contributed by atoms with Gasteiger partial charge in [-0.15, -0.1) is 0 Å². The summed E-state index contributed by atoms with van der Waals surface area (Å²) in [5.41, 5.74) is 10.5. The molecule has 5 rings (SSSR count). The molecule has 0 spiro atoms. The first kappa shape index (κ1) is 20.3. The van der Waals surface area contributed by atoms with E-state index < -0.39 is 0 Å². The molecule has 0 saturated carbocycles. The number of allylic oxidation sites excluding steroid dienone is 1. The summed E-state index contributed by atoms with van der Waals surface area (Å²) in [5, 5.41) is 0. The summed E-state index contributed by atoms with van der Waals surface area (Å²) in [6, 6.07) is 37.1. The molecule has 4 aromatic carbocycles. The lowest BCUT2D eigenvalue weighted by molar-refractivity contribution is 0.686. The predicted octanol–water partition coefficient (Wildman–Crippen LogP) is 8.60. The lowest BCUT2D eigenvalue weighted by Gasteiger charge is -2.30. The van der Waals surface area contributed by atoms with Crippen LogP contribution in [0.5, 0.6) is 0 Å². The van der Waals surface area contributed by atoms with Gasteiger partial charge in [0.25, 0.3) is 0 Å². The van der Waals surface area contributed by atoms with Crippen molar-refractivity contribution in [3.8, 4) is 0 Å². The molecular weight excluding hydrogens is 386 g/mol. The van der Waals surface area contributed by atoms with Crippen LogP contribution in [-0.2, 0) is 12.8 Å². The molecule has 1 nitrogen and oxygen atoms in total. The maximum atomic E-state index is 2.42. The quantitative estimate of drug-likeness (QED) is 0.295. The van der Waals surface area contributed by atoms with Gasteiger partial charge in [0, 0.05) is 17.1 Å². The lowest BCUT2D eigenvalue weighted by atomic mass is 9.90. The Balaban J connectivity index is 1.54. The smallest absolute Gasteiger partial charge is 0.0496 e. The summed E-state index contributed by atoms with van der Waals surface area (Å²) in [7, 11) is 0. The summed E-state index contributed by atoms with van der Waals surface area (Å²) in [4.78, 5) is 2.42. The van der Waals surface area contributed by atoms with E-state index in [2.05, 4.69) is 121 Å². The Labute approximate surface area is 191 Å². The second-order valence-electron chi connectivity index (χ2n) is 8.58. The summed E-state index contributed by atoms with van der Waals surface area (Å²) in [5.74, 6) is 0. The first-order valence-corrected chi connectivity index (χ1v) is 11.6. The third-order valence-corrected chi connectivity index (χ3v) is 6.39. The molecule has 4 aromatic rings. The third kappa shape index (κ3) is 4.24. The highest BCUT2D eigenvalue weighted by molar-refractivity contribution is 5.82. The van der Waals surface area contributed by atoms with Crippen LogP contribution in [0.3, 0.4) is 0 Å². The number of nitrogens with zero attached hydrogens (tertiary/aromatic N) is 1. The van der Waals surface area contributed by atoms with Crippen molar-refractivity contribution in [2.75, 3.05) is 4.90 Å². The predicted molar refractivity (Wildman–Crippen MR) is 138 cm³/mol. The van der Waals surface area contributed by atoms with E-state index in [4.69, 9.17) is 0 Å². The Bertz CT molecular complexity index is 1200. The number of benzene rings is 4. The molecule has 0 fully saturated rings. The molecule has 32 heavy (non-hydrogen) atoms. The van der Waals surface area contributed by atoms with Crippen LogP contribution in [0.4, 0.5) is 17.1 Å². The molecule has 1 aliphatic carbocycles. The monoisotopic (exact) mass is 415 g/mol. The lowest BCUT2D eigenvalue weighted by Crippen LogP contribution is -2.15. The third-order valence-electron chi connectivity index (χ3n) is 6.39. The Morgan fingerprint density at radius 3 is 2.06 bits per heavy atom. The van der Waals surface area contributed by atoms with Crippen LogP contribution in [0, 0.1) is 0 Å². The van der Waals surface area contributed by atoms with E-state index in [-0.39, 0.29) is 0 Å². The van der Waals surface area contributed by atoms with E-state index in [0.717, 1.165) is 6.42 Å². The molecule has 0 unspecified atom stereocenters. The number of para-hydroxylation sites is 1. The van der Waals surface area contributed by atoms with E-state index in [1.54, 1.807) is 0 Å². The highest BCUT2D eigenvalue weighted by atomic mass is 15.1. The first-order chi connectivity index (χ1) is 15.8. The Kier molecular flexibility index (Phi) is 5.89. The van der Waals surface area contributed by atoms with Crippen molar-refractivity contribution in [1.82, 2.24) is 0 Å². The van der Waals surface area contributed by atoms with Crippen LogP contribution in [0.25, 0.3) is 11.6 Å². The topological polar surface area (TPSA) is 3.24 Å². The molecule has 0 atom stereocenters. The van der Waals surface area contributed by atoms with Crippen LogP contribution >= 0.6 is 0 Å². The number of rotatable bonds is 5. The molecule has 0 saturated heterocycles. The maximum Gasteiger partial charge on any atom is 0.0496 e. The molecule has 0 heterocycles. The zero-order valence-corrected chi connectivity index (χ0v) is 18.7. The van der Waals surface area contributed by atoms with Crippen LogP contribution in [0.2, 0.25) is 0 Å². The van der Waals surface area contributed by atoms with Gasteiger partial charge in [-0.3, -0.25) is 0 Å². The molecule has 0 radical (unpaired) electrons.